The van der Waals surface area contributed by atoms with Crippen LogP contribution < -0.4 is 20.7 Å². The zero-order valence-corrected chi connectivity index (χ0v) is 18.9. The lowest BCUT2D eigenvalue weighted by Gasteiger charge is -2.18. The molecule has 1 amide bonds. The van der Waals surface area contributed by atoms with E-state index < -0.39 is 0 Å². The zero-order chi connectivity index (χ0) is 19.5. The van der Waals surface area contributed by atoms with Crippen LogP contribution in [0.1, 0.15) is 25.2 Å². The monoisotopic (exact) mass is 500 g/mol. The van der Waals surface area contributed by atoms with Crippen molar-refractivity contribution >= 4 is 35.8 Å². The van der Waals surface area contributed by atoms with Gasteiger partial charge in [0.25, 0.3) is 0 Å². The molecule has 0 fully saturated rings. The van der Waals surface area contributed by atoms with Gasteiger partial charge in [-0.15, -0.1) is 24.0 Å². The third-order valence-electron chi connectivity index (χ3n) is 3.65. The minimum atomic E-state index is -0.173. The number of amides is 1. The number of halogens is 1. The number of carbonyl (C=O) groups excluding carboxylic acids is 1. The summed E-state index contributed by atoms with van der Waals surface area (Å²) in [5, 5.41) is 9.08. The minimum Gasteiger partial charge on any atom is -0.489 e. The summed E-state index contributed by atoms with van der Waals surface area (Å²) in [5.74, 6) is 1.95. The number of benzene rings is 1. The first-order valence-electron chi connectivity index (χ1n) is 9.11. The molecule has 8 heteroatoms. The molecule has 0 radical (unpaired) electrons. The van der Waals surface area contributed by atoms with Crippen molar-refractivity contribution in [1.29, 1.82) is 0 Å². The lowest BCUT2D eigenvalue weighted by atomic mass is 10.2. The number of ether oxygens (including phenoxy) is 1. The van der Waals surface area contributed by atoms with Crippen molar-refractivity contribution in [3.63, 3.8) is 0 Å². The number of hydrogen-bond acceptors (Lipinski definition) is 4. The maximum Gasteiger partial charge on any atom is 0.242 e. The molecule has 1 aromatic carbocycles. The summed E-state index contributed by atoms with van der Waals surface area (Å²) in [6.07, 6.45) is 1.52. The van der Waals surface area contributed by atoms with Crippen LogP contribution in [0, 0.1) is 6.92 Å². The average Bonchev–Trinajstić information content (AvgIpc) is 3.16. The second-order valence-corrected chi connectivity index (χ2v) is 6.18. The molecule has 0 saturated carbocycles. The molecular weight excluding hydrogens is 471 g/mol. The van der Waals surface area contributed by atoms with E-state index in [2.05, 4.69) is 20.9 Å². The number of nitrogens with zero attached hydrogens (tertiary/aromatic N) is 1. The van der Waals surface area contributed by atoms with Crippen LogP contribution in [0.5, 0.6) is 5.75 Å². The lowest BCUT2D eigenvalue weighted by Crippen LogP contribution is -2.42. The summed E-state index contributed by atoms with van der Waals surface area (Å²) in [5.41, 5.74) is 1.16. The van der Waals surface area contributed by atoms with E-state index in [1.165, 1.54) is 0 Å². The molecule has 0 aliphatic heterocycles. The van der Waals surface area contributed by atoms with Crippen molar-refractivity contribution in [2.24, 2.45) is 4.99 Å². The third-order valence-corrected chi connectivity index (χ3v) is 3.65. The molecule has 0 aliphatic carbocycles. The van der Waals surface area contributed by atoms with Gasteiger partial charge in [0, 0.05) is 6.54 Å². The highest BCUT2D eigenvalue weighted by Gasteiger charge is 2.07. The van der Waals surface area contributed by atoms with Gasteiger partial charge in [0.1, 0.15) is 24.2 Å². The molecule has 154 valence electrons. The van der Waals surface area contributed by atoms with Crippen LogP contribution in [0.2, 0.25) is 0 Å². The Kier molecular flexibility index (Phi) is 11.1. The SMILES string of the molecule is CCNC(=NCC(=O)NCc1ccco1)NCC(C)Oc1cccc(C)c1.I. The average molecular weight is 500 g/mol. The molecule has 7 nitrogen and oxygen atoms in total. The Morgan fingerprint density at radius 3 is 2.71 bits per heavy atom. The van der Waals surface area contributed by atoms with Gasteiger partial charge in [-0.05, 0) is 50.6 Å². The molecule has 0 bridgehead atoms. The standard InChI is InChI=1S/C20H28N4O3.HI/c1-4-21-20(24-14-19(25)22-13-18-9-6-10-26-18)23-12-16(3)27-17-8-5-7-15(2)11-17;/h5-11,16H,4,12-14H2,1-3H3,(H,22,25)(H2,21,23,24);1H. The smallest absolute Gasteiger partial charge is 0.242 e. The van der Waals surface area contributed by atoms with E-state index in [-0.39, 0.29) is 42.5 Å². The number of nitrogens with one attached hydrogen (secondary N) is 3. The quantitative estimate of drug-likeness (QED) is 0.280. The van der Waals surface area contributed by atoms with Gasteiger partial charge in [-0.3, -0.25) is 4.79 Å². The van der Waals surface area contributed by atoms with E-state index >= 15 is 0 Å². The van der Waals surface area contributed by atoms with Gasteiger partial charge >= 0.3 is 0 Å². The molecule has 0 aliphatic rings. The molecule has 2 rings (SSSR count). The number of furan rings is 1. The number of guanidine groups is 1. The molecule has 28 heavy (non-hydrogen) atoms. The van der Waals surface area contributed by atoms with Crippen LogP contribution in [0.25, 0.3) is 0 Å². The summed E-state index contributed by atoms with van der Waals surface area (Å²) >= 11 is 0. The highest BCUT2D eigenvalue weighted by molar-refractivity contribution is 14.0. The highest BCUT2D eigenvalue weighted by atomic mass is 127. The van der Waals surface area contributed by atoms with Gasteiger partial charge in [-0.1, -0.05) is 12.1 Å². The Balaban J connectivity index is 0.00000392. The molecule has 2 aromatic rings. The molecule has 1 aromatic heterocycles. The van der Waals surface area contributed by atoms with Crippen molar-refractivity contribution in [2.75, 3.05) is 19.6 Å². The van der Waals surface area contributed by atoms with Gasteiger partial charge in [-0.2, -0.15) is 0 Å². The number of aryl methyl sites for hydroxylation is 1. The van der Waals surface area contributed by atoms with Gasteiger partial charge in [0.05, 0.1) is 19.4 Å². The molecule has 0 spiro atoms. The fourth-order valence-electron chi connectivity index (χ4n) is 2.35. The second kappa shape index (κ2) is 13.0. The predicted octanol–water partition coefficient (Wildman–Crippen LogP) is 2.84. The van der Waals surface area contributed by atoms with Crippen molar-refractivity contribution in [3.8, 4) is 5.75 Å². The Hall–Kier alpha value is -2.23. The van der Waals surface area contributed by atoms with E-state index in [0.29, 0.717) is 31.4 Å². The predicted molar refractivity (Wildman–Crippen MR) is 121 cm³/mol. The van der Waals surface area contributed by atoms with E-state index in [0.717, 1.165) is 11.3 Å². The third kappa shape index (κ3) is 9.12. The summed E-state index contributed by atoms with van der Waals surface area (Å²) < 4.78 is 11.1. The van der Waals surface area contributed by atoms with Crippen LogP contribution in [-0.2, 0) is 11.3 Å². The van der Waals surface area contributed by atoms with Crippen LogP contribution in [0.4, 0.5) is 0 Å². The molecule has 1 heterocycles. The fourth-order valence-corrected chi connectivity index (χ4v) is 2.35. The van der Waals surface area contributed by atoms with Crippen LogP contribution in [0.3, 0.4) is 0 Å². The summed E-state index contributed by atoms with van der Waals surface area (Å²) in [4.78, 5) is 16.2. The number of hydrogen-bond donors (Lipinski definition) is 3. The Bertz CT molecular complexity index is 735. The number of rotatable bonds is 9. The molecule has 0 saturated heterocycles. The molecule has 3 N–H and O–H groups in total. The normalized spacial score (nSPS) is 11.9. The van der Waals surface area contributed by atoms with Gasteiger partial charge in [0.15, 0.2) is 5.96 Å². The van der Waals surface area contributed by atoms with Crippen molar-refractivity contribution in [1.82, 2.24) is 16.0 Å². The lowest BCUT2D eigenvalue weighted by molar-refractivity contribution is -0.119. The molecule has 1 atom stereocenters. The summed E-state index contributed by atoms with van der Waals surface area (Å²) in [6, 6.07) is 11.5. The first kappa shape index (κ1) is 23.8. The zero-order valence-electron chi connectivity index (χ0n) is 16.5. The van der Waals surface area contributed by atoms with Gasteiger partial charge < -0.3 is 25.1 Å². The highest BCUT2D eigenvalue weighted by Crippen LogP contribution is 2.13. The maximum absolute atomic E-state index is 11.9. The van der Waals surface area contributed by atoms with E-state index in [4.69, 9.17) is 9.15 Å². The maximum atomic E-state index is 11.9. The molecule has 1 unspecified atom stereocenters. The fraction of sp³-hybridized carbons (Fsp3) is 0.400. The number of carbonyl (C=O) groups is 1. The van der Waals surface area contributed by atoms with Crippen molar-refractivity contribution < 1.29 is 13.9 Å². The van der Waals surface area contributed by atoms with Crippen molar-refractivity contribution in [3.05, 3.63) is 54.0 Å². The largest absolute Gasteiger partial charge is 0.489 e. The Labute approximate surface area is 183 Å². The van der Waals surface area contributed by atoms with Crippen molar-refractivity contribution in [2.45, 2.75) is 33.4 Å². The second-order valence-electron chi connectivity index (χ2n) is 6.18. The van der Waals surface area contributed by atoms with E-state index in [1.807, 2.05) is 51.1 Å². The van der Waals surface area contributed by atoms with E-state index in [9.17, 15) is 4.79 Å². The van der Waals surface area contributed by atoms with Crippen LogP contribution in [-0.4, -0.2) is 37.6 Å². The van der Waals surface area contributed by atoms with Crippen LogP contribution >= 0.6 is 24.0 Å². The Morgan fingerprint density at radius 2 is 2.04 bits per heavy atom. The van der Waals surface area contributed by atoms with E-state index in [1.54, 1.807) is 12.3 Å². The van der Waals surface area contributed by atoms with Gasteiger partial charge in [0.2, 0.25) is 5.91 Å². The summed E-state index contributed by atoms with van der Waals surface area (Å²) in [6.45, 7) is 7.63. The topological polar surface area (TPSA) is 87.9 Å². The van der Waals surface area contributed by atoms with Gasteiger partial charge in [-0.25, -0.2) is 4.99 Å². The first-order valence-corrected chi connectivity index (χ1v) is 9.11. The minimum absolute atomic E-state index is 0. The van der Waals surface area contributed by atoms with Crippen LogP contribution in [0.15, 0.2) is 52.1 Å². The molecular formula is C20H29IN4O3. The first-order chi connectivity index (χ1) is 13.1. The number of aliphatic imine (C=N–C) groups is 1. The summed E-state index contributed by atoms with van der Waals surface area (Å²) in [7, 11) is 0. The Morgan fingerprint density at radius 1 is 1.21 bits per heavy atom.